The molecule has 1 aliphatic heterocycles. The van der Waals surface area contributed by atoms with Gasteiger partial charge in [-0.25, -0.2) is 0 Å². The Hall–Kier alpha value is -1.39. The Morgan fingerprint density at radius 3 is 2.47 bits per heavy atom. The Balaban J connectivity index is 1.87. The van der Waals surface area contributed by atoms with Gasteiger partial charge in [-0.3, -0.25) is 9.69 Å². The SMILES string of the molecule is COC(=O)Cc1ccc(CN2CC(O)C2)cc1. The Kier molecular flexibility index (Phi) is 3.76. The molecule has 17 heavy (non-hydrogen) atoms. The zero-order valence-corrected chi connectivity index (χ0v) is 9.93. The molecule has 0 aromatic heterocycles. The minimum atomic E-state index is -0.219. The van der Waals surface area contributed by atoms with Crippen molar-refractivity contribution in [3.8, 4) is 0 Å². The average Bonchev–Trinajstić information content (AvgIpc) is 2.29. The molecule has 1 fully saturated rings. The molecule has 4 heteroatoms. The molecule has 1 aromatic rings. The van der Waals surface area contributed by atoms with Crippen LogP contribution in [0.2, 0.25) is 0 Å². The van der Waals surface area contributed by atoms with Crippen molar-refractivity contribution in [3.05, 3.63) is 35.4 Å². The second-order valence-electron chi connectivity index (χ2n) is 4.42. The topological polar surface area (TPSA) is 49.8 Å². The van der Waals surface area contributed by atoms with Crippen LogP contribution in [0.25, 0.3) is 0 Å². The summed E-state index contributed by atoms with van der Waals surface area (Å²) >= 11 is 0. The number of hydrogen-bond donors (Lipinski definition) is 1. The molecule has 0 aliphatic carbocycles. The standard InChI is InChI=1S/C13H17NO3/c1-17-13(16)6-10-2-4-11(5-3-10)7-14-8-12(15)9-14/h2-5,12,15H,6-9H2,1H3. The van der Waals surface area contributed by atoms with Gasteiger partial charge in [0.1, 0.15) is 0 Å². The van der Waals surface area contributed by atoms with Crippen LogP contribution in [-0.4, -0.2) is 42.3 Å². The van der Waals surface area contributed by atoms with Gasteiger partial charge in [0.05, 0.1) is 19.6 Å². The summed E-state index contributed by atoms with van der Waals surface area (Å²) in [6.07, 6.45) is 0.160. The first-order chi connectivity index (χ1) is 8.17. The summed E-state index contributed by atoms with van der Waals surface area (Å²) < 4.78 is 4.61. The molecule has 0 atom stereocenters. The first-order valence-corrected chi connectivity index (χ1v) is 5.72. The molecule has 0 spiro atoms. The van der Waals surface area contributed by atoms with E-state index in [1.807, 2.05) is 24.3 Å². The Morgan fingerprint density at radius 2 is 1.94 bits per heavy atom. The van der Waals surface area contributed by atoms with Crippen molar-refractivity contribution < 1.29 is 14.6 Å². The van der Waals surface area contributed by atoms with E-state index >= 15 is 0 Å². The number of nitrogens with zero attached hydrogens (tertiary/aromatic N) is 1. The maximum absolute atomic E-state index is 11.1. The van der Waals surface area contributed by atoms with Gasteiger partial charge in [-0.1, -0.05) is 24.3 Å². The number of hydrogen-bond acceptors (Lipinski definition) is 4. The summed E-state index contributed by atoms with van der Waals surface area (Å²) in [6, 6.07) is 7.93. The zero-order valence-electron chi connectivity index (χ0n) is 9.93. The Labute approximate surface area is 101 Å². The van der Waals surface area contributed by atoms with E-state index in [1.165, 1.54) is 12.7 Å². The molecule has 0 unspecified atom stereocenters. The van der Waals surface area contributed by atoms with Crippen LogP contribution in [0.3, 0.4) is 0 Å². The number of carbonyl (C=O) groups excluding carboxylic acids is 1. The van der Waals surface area contributed by atoms with Crippen LogP contribution in [-0.2, 0) is 22.5 Å². The number of β-amino-alcohol motifs (C(OH)–C–C–N with tert-alkyl or cyclic N) is 1. The van der Waals surface area contributed by atoms with Crippen molar-refractivity contribution in [2.24, 2.45) is 0 Å². The van der Waals surface area contributed by atoms with Gasteiger partial charge in [0.2, 0.25) is 0 Å². The van der Waals surface area contributed by atoms with E-state index in [2.05, 4.69) is 9.64 Å². The second-order valence-corrected chi connectivity index (χ2v) is 4.42. The third kappa shape index (κ3) is 3.28. The number of rotatable bonds is 4. The van der Waals surface area contributed by atoms with E-state index in [0.29, 0.717) is 6.42 Å². The van der Waals surface area contributed by atoms with Crippen molar-refractivity contribution >= 4 is 5.97 Å². The molecular formula is C13H17NO3. The summed E-state index contributed by atoms with van der Waals surface area (Å²) in [5.74, 6) is -0.219. The molecule has 1 heterocycles. The highest BCUT2D eigenvalue weighted by Crippen LogP contribution is 2.14. The number of aliphatic hydroxyl groups is 1. The highest BCUT2D eigenvalue weighted by Gasteiger charge is 2.23. The predicted molar refractivity (Wildman–Crippen MR) is 63.4 cm³/mol. The summed E-state index contributed by atoms with van der Waals surface area (Å²) in [7, 11) is 1.39. The number of esters is 1. The van der Waals surface area contributed by atoms with Gasteiger partial charge in [-0.15, -0.1) is 0 Å². The van der Waals surface area contributed by atoms with Gasteiger partial charge < -0.3 is 9.84 Å². The third-order valence-corrected chi connectivity index (χ3v) is 2.94. The molecule has 92 valence electrons. The summed E-state index contributed by atoms with van der Waals surface area (Å²) in [5, 5.41) is 9.17. The quantitative estimate of drug-likeness (QED) is 0.776. The van der Waals surface area contributed by atoms with Crippen molar-refractivity contribution in [2.75, 3.05) is 20.2 Å². The number of likely N-dealkylation sites (tertiary alicyclic amines) is 1. The minimum Gasteiger partial charge on any atom is -0.469 e. The molecule has 4 nitrogen and oxygen atoms in total. The lowest BCUT2D eigenvalue weighted by Gasteiger charge is -2.35. The highest BCUT2D eigenvalue weighted by atomic mass is 16.5. The lowest BCUT2D eigenvalue weighted by molar-refractivity contribution is -0.139. The molecule has 0 amide bonds. The maximum atomic E-state index is 11.1. The van der Waals surface area contributed by atoms with Crippen LogP contribution in [0.5, 0.6) is 0 Å². The van der Waals surface area contributed by atoms with Crippen LogP contribution < -0.4 is 0 Å². The Morgan fingerprint density at radius 1 is 1.35 bits per heavy atom. The molecule has 1 aromatic carbocycles. The molecule has 0 saturated carbocycles. The summed E-state index contributed by atoms with van der Waals surface area (Å²) in [6.45, 7) is 2.36. The van der Waals surface area contributed by atoms with E-state index in [0.717, 1.165) is 25.2 Å². The van der Waals surface area contributed by atoms with Crippen molar-refractivity contribution in [2.45, 2.75) is 19.1 Å². The minimum absolute atomic E-state index is 0.159. The van der Waals surface area contributed by atoms with Crippen molar-refractivity contribution in [1.82, 2.24) is 4.90 Å². The second kappa shape index (κ2) is 5.29. The summed E-state index contributed by atoms with van der Waals surface area (Å²) in [5.41, 5.74) is 2.16. The van der Waals surface area contributed by atoms with E-state index in [9.17, 15) is 9.90 Å². The molecule has 1 aliphatic rings. The van der Waals surface area contributed by atoms with Crippen LogP contribution in [0, 0.1) is 0 Å². The number of aliphatic hydroxyl groups excluding tert-OH is 1. The zero-order chi connectivity index (χ0) is 12.3. The van der Waals surface area contributed by atoms with E-state index in [4.69, 9.17) is 0 Å². The van der Waals surface area contributed by atoms with E-state index in [1.54, 1.807) is 0 Å². The predicted octanol–water partition coefficient (Wildman–Crippen LogP) is 0.579. The van der Waals surface area contributed by atoms with Crippen LogP contribution in [0.1, 0.15) is 11.1 Å². The fourth-order valence-corrected chi connectivity index (χ4v) is 1.93. The van der Waals surface area contributed by atoms with Gasteiger partial charge in [0, 0.05) is 19.6 Å². The molecule has 0 bridgehead atoms. The smallest absolute Gasteiger partial charge is 0.309 e. The van der Waals surface area contributed by atoms with Crippen LogP contribution in [0.15, 0.2) is 24.3 Å². The number of methoxy groups -OCH3 is 1. The first-order valence-electron chi connectivity index (χ1n) is 5.72. The van der Waals surface area contributed by atoms with Gasteiger partial charge in [-0.2, -0.15) is 0 Å². The van der Waals surface area contributed by atoms with Crippen molar-refractivity contribution in [1.29, 1.82) is 0 Å². The summed E-state index contributed by atoms with van der Waals surface area (Å²) in [4.78, 5) is 13.3. The number of benzene rings is 1. The van der Waals surface area contributed by atoms with Gasteiger partial charge in [-0.05, 0) is 11.1 Å². The van der Waals surface area contributed by atoms with Crippen molar-refractivity contribution in [3.63, 3.8) is 0 Å². The number of carbonyl (C=O) groups is 1. The lowest BCUT2D eigenvalue weighted by atomic mass is 10.1. The van der Waals surface area contributed by atoms with E-state index < -0.39 is 0 Å². The highest BCUT2D eigenvalue weighted by molar-refractivity contribution is 5.72. The molecular weight excluding hydrogens is 218 g/mol. The fourth-order valence-electron chi connectivity index (χ4n) is 1.93. The monoisotopic (exact) mass is 235 g/mol. The molecule has 2 rings (SSSR count). The van der Waals surface area contributed by atoms with Gasteiger partial charge >= 0.3 is 5.97 Å². The van der Waals surface area contributed by atoms with Gasteiger partial charge in [0.15, 0.2) is 0 Å². The number of ether oxygens (including phenoxy) is 1. The molecule has 1 saturated heterocycles. The van der Waals surface area contributed by atoms with Crippen LogP contribution >= 0.6 is 0 Å². The average molecular weight is 235 g/mol. The van der Waals surface area contributed by atoms with Crippen LogP contribution in [0.4, 0.5) is 0 Å². The Bertz CT molecular complexity index is 382. The lowest BCUT2D eigenvalue weighted by Crippen LogP contribution is -2.49. The largest absolute Gasteiger partial charge is 0.469 e. The maximum Gasteiger partial charge on any atom is 0.309 e. The third-order valence-electron chi connectivity index (χ3n) is 2.94. The van der Waals surface area contributed by atoms with Gasteiger partial charge in [0.25, 0.3) is 0 Å². The van der Waals surface area contributed by atoms with E-state index in [-0.39, 0.29) is 12.1 Å². The first kappa shape index (κ1) is 12.1. The fraction of sp³-hybridized carbons (Fsp3) is 0.462. The normalized spacial score (nSPS) is 16.6. The molecule has 0 radical (unpaired) electrons. The molecule has 1 N–H and O–H groups in total.